The topological polar surface area (TPSA) is 63.3 Å². The van der Waals surface area contributed by atoms with E-state index >= 15 is 0 Å². The van der Waals surface area contributed by atoms with Gasteiger partial charge in [-0.3, -0.25) is 4.79 Å². The molecule has 1 aromatic carbocycles. The van der Waals surface area contributed by atoms with E-state index < -0.39 is 11.5 Å². The number of hydrogen-bond acceptors (Lipinski definition) is 2. The number of carboxylic acids is 1. The molecule has 82 valence electrons. The molecular weight excluding hydrogens is 214 g/mol. The van der Waals surface area contributed by atoms with Crippen molar-refractivity contribution in [2.24, 2.45) is 5.73 Å². The Morgan fingerprint density at radius 3 is 2.40 bits per heavy atom. The zero-order valence-electron chi connectivity index (χ0n) is 8.22. The summed E-state index contributed by atoms with van der Waals surface area (Å²) in [6, 6.07) is 9.62. The Balaban J connectivity index is 0.00000112. The Morgan fingerprint density at radius 1 is 1.40 bits per heavy atom. The third-order valence-electron chi connectivity index (χ3n) is 3.07. The van der Waals surface area contributed by atoms with E-state index in [1.807, 2.05) is 30.3 Å². The number of nitrogens with two attached hydrogens (primary N) is 1. The van der Waals surface area contributed by atoms with Crippen molar-refractivity contribution in [2.45, 2.75) is 24.3 Å². The molecule has 1 aromatic rings. The predicted octanol–water partition coefficient (Wildman–Crippen LogP) is 1.77. The number of benzene rings is 1. The molecule has 0 aromatic heterocycles. The van der Waals surface area contributed by atoms with Crippen molar-refractivity contribution in [3.05, 3.63) is 35.9 Å². The van der Waals surface area contributed by atoms with Crippen molar-refractivity contribution >= 4 is 18.4 Å². The van der Waals surface area contributed by atoms with Gasteiger partial charge in [-0.15, -0.1) is 12.4 Å². The van der Waals surface area contributed by atoms with Crippen LogP contribution in [0.5, 0.6) is 0 Å². The molecule has 4 heteroatoms. The minimum Gasteiger partial charge on any atom is -0.480 e. The van der Waals surface area contributed by atoms with Gasteiger partial charge in [0.05, 0.1) is 0 Å². The van der Waals surface area contributed by atoms with Crippen LogP contribution >= 0.6 is 12.4 Å². The maximum absolute atomic E-state index is 11.0. The highest BCUT2D eigenvalue weighted by Crippen LogP contribution is 2.44. The second-order valence-electron chi connectivity index (χ2n) is 3.85. The van der Waals surface area contributed by atoms with Crippen LogP contribution in [0.15, 0.2) is 30.3 Å². The van der Waals surface area contributed by atoms with Crippen LogP contribution in [-0.4, -0.2) is 16.6 Å². The monoisotopic (exact) mass is 227 g/mol. The zero-order chi connectivity index (χ0) is 10.2. The average molecular weight is 228 g/mol. The first-order valence-corrected chi connectivity index (χ1v) is 4.72. The molecular formula is C11H14ClNO2. The minimum absolute atomic E-state index is 0. The Bertz CT molecular complexity index is 355. The van der Waals surface area contributed by atoms with Gasteiger partial charge in [-0.2, -0.15) is 0 Å². The molecule has 3 N–H and O–H groups in total. The van der Waals surface area contributed by atoms with Gasteiger partial charge in [-0.1, -0.05) is 30.3 Å². The molecule has 1 aliphatic rings. The Kier molecular flexibility index (Phi) is 3.37. The van der Waals surface area contributed by atoms with Crippen molar-refractivity contribution in [3.63, 3.8) is 0 Å². The van der Waals surface area contributed by atoms with E-state index in [9.17, 15) is 4.79 Å². The molecule has 0 heterocycles. The Morgan fingerprint density at radius 2 is 2.00 bits per heavy atom. The first-order chi connectivity index (χ1) is 6.64. The summed E-state index contributed by atoms with van der Waals surface area (Å²) in [5.74, 6) is -0.918. The smallest absolute Gasteiger partial charge is 0.324 e. The largest absolute Gasteiger partial charge is 0.480 e. The lowest BCUT2D eigenvalue weighted by molar-refractivity contribution is -0.147. The summed E-state index contributed by atoms with van der Waals surface area (Å²) in [6.07, 6.45) is 1.44. The fraction of sp³-hybridized carbons (Fsp3) is 0.364. The number of halogens is 1. The third-order valence-corrected chi connectivity index (χ3v) is 3.07. The van der Waals surface area contributed by atoms with Gasteiger partial charge in [0.15, 0.2) is 0 Å². The molecule has 3 nitrogen and oxygen atoms in total. The normalized spacial score (nSPS) is 28.7. The molecule has 2 rings (SSSR count). The first-order valence-electron chi connectivity index (χ1n) is 4.72. The van der Waals surface area contributed by atoms with Crippen LogP contribution in [0.3, 0.4) is 0 Å². The molecule has 0 unspecified atom stereocenters. The molecule has 1 fully saturated rings. The summed E-state index contributed by atoms with van der Waals surface area (Å²) in [4.78, 5) is 11.0. The van der Waals surface area contributed by atoms with Gasteiger partial charge >= 0.3 is 5.97 Å². The van der Waals surface area contributed by atoms with Gasteiger partial charge < -0.3 is 10.8 Å². The maximum Gasteiger partial charge on any atom is 0.324 e. The molecule has 0 spiro atoms. The lowest BCUT2D eigenvalue weighted by atomic mass is 9.64. The fourth-order valence-corrected chi connectivity index (χ4v) is 2.01. The van der Waals surface area contributed by atoms with Crippen LogP contribution in [-0.2, 0) is 4.79 Å². The Labute approximate surface area is 94.7 Å². The van der Waals surface area contributed by atoms with Crippen molar-refractivity contribution in [3.8, 4) is 0 Å². The molecule has 1 aliphatic carbocycles. The van der Waals surface area contributed by atoms with E-state index in [1.54, 1.807) is 0 Å². The van der Waals surface area contributed by atoms with E-state index in [1.165, 1.54) is 0 Å². The molecule has 2 atom stereocenters. The first kappa shape index (κ1) is 12.0. The van der Waals surface area contributed by atoms with E-state index in [0.717, 1.165) is 12.0 Å². The Hall–Kier alpha value is -1.06. The lowest BCUT2D eigenvalue weighted by Gasteiger charge is -2.43. The van der Waals surface area contributed by atoms with E-state index in [2.05, 4.69) is 0 Å². The molecule has 0 aliphatic heterocycles. The lowest BCUT2D eigenvalue weighted by Crippen LogP contribution is -2.59. The summed E-state index contributed by atoms with van der Waals surface area (Å²) in [5, 5.41) is 9.00. The van der Waals surface area contributed by atoms with Crippen molar-refractivity contribution in [1.29, 1.82) is 0 Å². The predicted molar refractivity (Wildman–Crippen MR) is 60.2 cm³/mol. The summed E-state index contributed by atoms with van der Waals surface area (Å²) in [5.41, 5.74) is 5.81. The third kappa shape index (κ3) is 1.85. The van der Waals surface area contributed by atoms with Gasteiger partial charge in [0, 0.05) is 5.92 Å². The quantitative estimate of drug-likeness (QED) is 0.810. The highest BCUT2D eigenvalue weighted by Gasteiger charge is 2.50. The van der Waals surface area contributed by atoms with Crippen LogP contribution in [0.4, 0.5) is 0 Å². The number of rotatable bonds is 2. The number of aliphatic carboxylic acids is 1. The van der Waals surface area contributed by atoms with E-state index in [-0.39, 0.29) is 18.3 Å². The van der Waals surface area contributed by atoms with Gasteiger partial charge in [0.1, 0.15) is 5.54 Å². The number of carbonyl (C=O) groups is 1. The van der Waals surface area contributed by atoms with Crippen molar-refractivity contribution in [2.75, 3.05) is 0 Å². The molecule has 0 bridgehead atoms. The molecule has 0 amide bonds. The van der Waals surface area contributed by atoms with E-state index in [4.69, 9.17) is 10.8 Å². The maximum atomic E-state index is 11.0. The number of hydrogen-bond donors (Lipinski definition) is 2. The van der Waals surface area contributed by atoms with E-state index in [0.29, 0.717) is 6.42 Å². The molecule has 15 heavy (non-hydrogen) atoms. The van der Waals surface area contributed by atoms with Crippen LogP contribution in [0.1, 0.15) is 24.3 Å². The van der Waals surface area contributed by atoms with Gasteiger partial charge in [0.2, 0.25) is 0 Å². The fourth-order valence-electron chi connectivity index (χ4n) is 2.01. The summed E-state index contributed by atoms with van der Waals surface area (Å²) >= 11 is 0. The highest BCUT2D eigenvalue weighted by molar-refractivity contribution is 5.85. The number of carboxylic acid groups (broad SMARTS) is 1. The molecule has 0 radical (unpaired) electrons. The van der Waals surface area contributed by atoms with Crippen LogP contribution in [0, 0.1) is 0 Å². The van der Waals surface area contributed by atoms with Gasteiger partial charge in [0.25, 0.3) is 0 Å². The minimum atomic E-state index is -1.04. The second-order valence-corrected chi connectivity index (χ2v) is 3.85. The zero-order valence-corrected chi connectivity index (χ0v) is 9.04. The molecule has 1 saturated carbocycles. The highest BCUT2D eigenvalue weighted by atomic mass is 35.5. The van der Waals surface area contributed by atoms with Gasteiger partial charge in [-0.05, 0) is 18.4 Å². The van der Waals surface area contributed by atoms with Crippen LogP contribution in [0.25, 0.3) is 0 Å². The van der Waals surface area contributed by atoms with Crippen molar-refractivity contribution in [1.82, 2.24) is 0 Å². The van der Waals surface area contributed by atoms with Crippen molar-refractivity contribution < 1.29 is 9.90 Å². The second kappa shape index (κ2) is 4.21. The van der Waals surface area contributed by atoms with Gasteiger partial charge in [-0.25, -0.2) is 0 Å². The standard InChI is InChI=1S/C11H13NO2.ClH/c12-11(10(13)14)7-6-9(11)8-4-2-1-3-5-8;/h1-5,9H,6-7,12H2,(H,13,14);1H/t9-,11+;/m1./s1. The van der Waals surface area contributed by atoms with Crippen LogP contribution < -0.4 is 5.73 Å². The SMILES string of the molecule is Cl.N[C@@]1(C(=O)O)CC[C@@H]1c1ccccc1. The van der Waals surface area contributed by atoms with Crippen LogP contribution in [0.2, 0.25) is 0 Å². The summed E-state index contributed by atoms with van der Waals surface area (Å²) in [6.45, 7) is 0. The molecule has 0 saturated heterocycles. The summed E-state index contributed by atoms with van der Waals surface area (Å²) in [7, 11) is 0. The average Bonchev–Trinajstić information content (AvgIpc) is 2.16. The summed E-state index contributed by atoms with van der Waals surface area (Å²) < 4.78 is 0.